The second kappa shape index (κ2) is 9.32. The van der Waals surface area contributed by atoms with Crippen molar-refractivity contribution in [1.29, 1.82) is 0 Å². The van der Waals surface area contributed by atoms with Gasteiger partial charge in [0, 0.05) is 53.7 Å². The van der Waals surface area contributed by atoms with Gasteiger partial charge in [0.15, 0.2) is 0 Å². The molecule has 0 bridgehead atoms. The molecule has 0 spiro atoms. The van der Waals surface area contributed by atoms with Crippen molar-refractivity contribution in [3.05, 3.63) is 70.0 Å². The third kappa shape index (κ3) is 4.78. The fourth-order valence-electron chi connectivity index (χ4n) is 3.72. The van der Waals surface area contributed by atoms with E-state index in [0.29, 0.717) is 24.8 Å². The Hall–Kier alpha value is -3.16. The van der Waals surface area contributed by atoms with E-state index in [-0.39, 0.29) is 5.56 Å². The largest absolute Gasteiger partial charge is 0.378 e. The number of halogens is 1. The topological polar surface area (TPSA) is 75.5 Å². The molecule has 1 saturated heterocycles. The number of morpholine rings is 1. The molecule has 1 aliphatic heterocycles. The zero-order valence-electron chi connectivity index (χ0n) is 17.3. The van der Waals surface area contributed by atoms with Gasteiger partial charge in [0.2, 0.25) is 0 Å². The summed E-state index contributed by atoms with van der Waals surface area (Å²) in [6.45, 7) is 8.74. The van der Waals surface area contributed by atoms with Crippen molar-refractivity contribution in [2.45, 2.75) is 13.5 Å². The van der Waals surface area contributed by atoms with Gasteiger partial charge in [0.25, 0.3) is 5.56 Å². The van der Waals surface area contributed by atoms with Crippen molar-refractivity contribution in [3.63, 3.8) is 0 Å². The molecule has 7 nitrogen and oxygen atoms in total. The Morgan fingerprint density at radius 2 is 2.19 bits per heavy atom. The van der Waals surface area contributed by atoms with Crippen LogP contribution in [0, 0.1) is 0 Å². The highest BCUT2D eigenvalue weighted by molar-refractivity contribution is 6.29. The molecule has 0 atom stereocenters. The van der Waals surface area contributed by atoms with Gasteiger partial charge in [-0.2, -0.15) is 0 Å². The highest BCUT2D eigenvalue weighted by atomic mass is 35.5. The quantitative estimate of drug-likeness (QED) is 0.468. The molecule has 0 aliphatic carbocycles. The maximum Gasteiger partial charge on any atom is 0.251 e. The number of aliphatic imine (C=N–C) groups is 1. The van der Waals surface area contributed by atoms with Crippen LogP contribution in [0.5, 0.6) is 0 Å². The van der Waals surface area contributed by atoms with Gasteiger partial charge in [-0.05, 0) is 43.0 Å². The molecule has 1 fully saturated rings. The smallest absolute Gasteiger partial charge is 0.251 e. The van der Waals surface area contributed by atoms with Crippen molar-refractivity contribution in [1.82, 2.24) is 14.5 Å². The first-order valence-electron chi connectivity index (χ1n) is 10.0. The highest BCUT2D eigenvalue weighted by Crippen LogP contribution is 2.30. The molecule has 0 radical (unpaired) electrons. The number of fused-ring (bicyclic) bond motifs is 1. The molecule has 4 rings (SSSR count). The predicted octanol–water partition coefficient (Wildman–Crippen LogP) is 3.96. The molecule has 3 aromatic rings. The standard InChI is InChI=1S/C23H24ClN5O2/c1-16(24)9-17(12-25-2)15-29-4-3-18(10-22(29)30)21-14-27-23-20(21)11-19(13-26-23)28-5-7-31-8-6-28/h3-4,9-14H,2,5-8,15H2,1H3,(H,26,27)/b16-9+,17-12+. The summed E-state index contributed by atoms with van der Waals surface area (Å²) in [6.07, 6.45) is 8.93. The van der Waals surface area contributed by atoms with Gasteiger partial charge in [-0.15, -0.1) is 0 Å². The fraction of sp³-hybridized carbons (Fsp3) is 0.261. The van der Waals surface area contributed by atoms with Gasteiger partial charge < -0.3 is 19.2 Å². The van der Waals surface area contributed by atoms with Crippen LogP contribution in [0.4, 0.5) is 5.69 Å². The monoisotopic (exact) mass is 437 g/mol. The molecule has 0 unspecified atom stereocenters. The number of aromatic amines is 1. The molecule has 1 aliphatic rings. The number of nitrogens with one attached hydrogen (secondary N) is 1. The Morgan fingerprint density at radius 1 is 1.39 bits per heavy atom. The van der Waals surface area contributed by atoms with Gasteiger partial charge in [-0.25, -0.2) is 4.98 Å². The number of anilines is 1. The number of nitrogens with zero attached hydrogens (tertiary/aromatic N) is 4. The lowest BCUT2D eigenvalue weighted by Crippen LogP contribution is -2.36. The minimum atomic E-state index is -0.111. The van der Waals surface area contributed by atoms with E-state index in [9.17, 15) is 4.79 Å². The first-order valence-corrected chi connectivity index (χ1v) is 10.4. The van der Waals surface area contributed by atoms with E-state index in [1.54, 1.807) is 36.0 Å². The number of hydrogen-bond donors (Lipinski definition) is 1. The zero-order chi connectivity index (χ0) is 21.8. The zero-order valence-corrected chi connectivity index (χ0v) is 18.1. The summed E-state index contributed by atoms with van der Waals surface area (Å²) in [5.74, 6) is 0. The molecular formula is C23H24ClN5O2. The van der Waals surface area contributed by atoms with Crippen molar-refractivity contribution in [2.24, 2.45) is 4.99 Å². The lowest BCUT2D eigenvalue weighted by atomic mass is 10.1. The second-order valence-corrected chi connectivity index (χ2v) is 7.99. The second-order valence-electron chi connectivity index (χ2n) is 7.39. The Kier molecular flexibility index (Phi) is 6.34. The third-order valence-corrected chi connectivity index (χ3v) is 5.30. The van der Waals surface area contributed by atoms with E-state index in [1.807, 2.05) is 18.5 Å². The molecule has 0 aromatic carbocycles. The van der Waals surface area contributed by atoms with Crippen LogP contribution in [0.25, 0.3) is 22.2 Å². The Bertz CT molecular complexity index is 1210. The average molecular weight is 438 g/mol. The van der Waals surface area contributed by atoms with Gasteiger partial charge >= 0.3 is 0 Å². The molecule has 3 aromatic heterocycles. The number of pyridine rings is 2. The van der Waals surface area contributed by atoms with Gasteiger partial charge in [-0.1, -0.05) is 11.6 Å². The fourth-order valence-corrected chi connectivity index (χ4v) is 3.86. The van der Waals surface area contributed by atoms with Crippen LogP contribution in [0.3, 0.4) is 0 Å². The van der Waals surface area contributed by atoms with Crippen LogP contribution in [0.15, 0.2) is 69.5 Å². The van der Waals surface area contributed by atoms with E-state index < -0.39 is 0 Å². The average Bonchev–Trinajstić information content (AvgIpc) is 3.19. The van der Waals surface area contributed by atoms with Crippen molar-refractivity contribution < 1.29 is 4.74 Å². The van der Waals surface area contributed by atoms with Crippen LogP contribution in [0.1, 0.15) is 6.92 Å². The lowest BCUT2D eigenvalue weighted by molar-refractivity contribution is 0.122. The summed E-state index contributed by atoms with van der Waals surface area (Å²) in [4.78, 5) is 26.6. The normalized spacial score (nSPS) is 15.5. The van der Waals surface area contributed by atoms with Gasteiger partial charge in [-0.3, -0.25) is 9.79 Å². The number of ether oxygens (including phenoxy) is 1. The Morgan fingerprint density at radius 3 is 2.90 bits per heavy atom. The molecule has 1 N–H and O–H groups in total. The van der Waals surface area contributed by atoms with Crippen LogP contribution < -0.4 is 10.5 Å². The first-order chi connectivity index (χ1) is 15.0. The summed E-state index contributed by atoms with van der Waals surface area (Å²) in [7, 11) is 0. The number of H-pyrrole nitrogens is 1. The van der Waals surface area contributed by atoms with Crippen LogP contribution in [-0.4, -0.2) is 47.6 Å². The highest BCUT2D eigenvalue weighted by Gasteiger charge is 2.15. The predicted molar refractivity (Wildman–Crippen MR) is 126 cm³/mol. The van der Waals surface area contributed by atoms with Crippen LogP contribution in [0.2, 0.25) is 0 Å². The summed E-state index contributed by atoms with van der Waals surface area (Å²) < 4.78 is 7.06. The van der Waals surface area contributed by atoms with E-state index in [2.05, 4.69) is 32.6 Å². The van der Waals surface area contributed by atoms with Crippen molar-refractivity contribution in [2.75, 3.05) is 31.2 Å². The van der Waals surface area contributed by atoms with Crippen LogP contribution in [-0.2, 0) is 11.3 Å². The van der Waals surface area contributed by atoms with E-state index in [1.165, 1.54) is 0 Å². The number of aromatic nitrogens is 3. The van der Waals surface area contributed by atoms with Crippen molar-refractivity contribution in [3.8, 4) is 11.1 Å². The van der Waals surface area contributed by atoms with Crippen molar-refractivity contribution >= 4 is 35.0 Å². The number of rotatable bonds is 6. The van der Waals surface area contributed by atoms with Gasteiger partial charge in [0.1, 0.15) is 5.65 Å². The summed E-state index contributed by atoms with van der Waals surface area (Å²) in [5.41, 5.74) is 4.32. The molecule has 4 heterocycles. The minimum Gasteiger partial charge on any atom is -0.378 e. The summed E-state index contributed by atoms with van der Waals surface area (Å²) in [6, 6.07) is 5.69. The molecule has 160 valence electrons. The minimum absolute atomic E-state index is 0.111. The van der Waals surface area contributed by atoms with E-state index >= 15 is 0 Å². The maximum atomic E-state index is 12.8. The SMILES string of the molecule is C=N/C=C(\C=C(/C)Cl)Cn1ccc(-c2c[nH]c3ncc(N4CCOCC4)cc23)cc1=O. The summed E-state index contributed by atoms with van der Waals surface area (Å²) >= 11 is 5.98. The van der Waals surface area contributed by atoms with Gasteiger partial charge in [0.05, 0.1) is 31.6 Å². The number of allylic oxidation sites excluding steroid dienone is 3. The Balaban J connectivity index is 1.66. The first kappa shape index (κ1) is 21.1. The molecule has 31 heavy (non-hydrogen) atoms. The molecular weight excluding hydrogens is 414 g/mol. The molecule has 8 heteroatoms. The van der Waals surface area contributed by atoms with E-state index in [4.69, 9.17) is 16.3 Å². The maximum absolute atomic E-state index is 12.8. The Labute approximate surface area is 185 Å². The molecule has 0 amide bonds. The lowest BCUT2D eigenvalue weighted by Gasteiger charge is -2.28. The van der Waals surface area contributed by atoms with Crippen LogP contribution >= 0.6 is 11.6 Å². The summed E-state index contributed by atoms with van der Waals surface area (Å²) in [5, 5.41) is 1.60. The number of hydrogen-bond acceptors (Lipinski definition) is 5. The third-order valence-electron chi connectivity index (χ3n) is 5.19. The van der Waals surface area contributed by atoms with E-state index in [0.717, 1.165) is 46.5 Å². The molecule has 0 saturated carbocycles.